The van der Waals surface area contributed by atoms with Gasteiger partial charge in [-0.1, -0.05) is 53.0 Å². The number of aromatic amines is 3. The Balaban J connectivity index is 0.000000136. The summed E-state index contributed by atoms with van der Waals surface area (Å²) in [7, 11) is 6.06. The molecule has 12 aromatic rings. The molecule has 0 unspecified atom stereocenters. The first-order valence-electron chi connectivity index (χ1n) is 25.9. The Morgan fingerprint density at radius 3 is 1.17 bits per heavy atom. The summed E-state index contributed by atoms with van der Waals surface area (Å²) in [6.45, 7) is 1.98. The summed E-state index contributed by atoms with van der Waals surface area (Å²) in [4.78, 5) is 51.4. The fourth-order valence-electron chi connectivity index (χ4n) is 8.77. The lowest BCUT2D eigenvalue weighted by Gasteiger charge is -2.12. The maximum absolute atomic E-state index is 9.03. The van der Waals surface area contributed by atoms with E-state index in [0.29, 0.717) is 45.0 Å². The van der Waals surface area contributed by atoms with Crippen LogP contribution in [0.4, 0.5) is 34.9 Å². The highest BCUT2D eigenvalue weighted by molar-refractivity contribution is 6.34. The van der Waals surface area contributed by atoms with Crippen LogP contribution in [0, 0.1) is 0 Å². The van der Waals surface area contributed by atoms with Gasteiger partial charge in [0.25, 0.3) is 0 Å². The first-order chi connectivity index (χ1) is 39.6. The van der Waals surface area contributed by atoms with Crippen molar-refractivity contribution >= 4 is 103 Å². The molecule has 12 rings (SSSR count). The molecule has 81 heavy (non-hydrogen) atoms. The van der Waals surface area contributed by atoms with Crippen LogP contribution in [0.15, 0.2) is 165 Å². The molecule has 408 valence electrons. The van der Waals surface area contributed by atoms with Crippen LogP contribution in [0.2, 0.25) is 15.1 Å². The van der Waals surface area contributed by atoms with Crippen molar-refractivity contribution in [3.8, 4) is 33.8 Å². The van der Waals surface area contributed by atoms with Crippen LogP contribution >= 0.6 is 34.8 Å². The van der Waals surface area contributed by atoms with Crippen molar-refractivity contribution in [2.45, 2.75) is 19.3 Å². The number of rotatable bonds is 17. The highest BCUT2D eigenvalue weighted by Gasteiger charge is 2.14. The molecule has 3 aromatic carbocycles. The van der Waals surface area contributed by atoms with Gasteiger partial charge in [0.1, 0.15) is 16.9 Å². The number of benzene rings is 3. The van der Waals surface area contributed by atoms with Crippen LogP contribution in [0.25, 0.3) is 66.9 Å². The van der Waals surface area contributed by atoms with Crippen LogP contribution < -0.4 is 21.3 Å². The van der Waals surface area contributed by atoms with Gasteiger partial charge >= 0.3 is 0 Å². The number of H-pyrrole nitrogens is 3. The maximum Gasteiger partial charge on any atom is 0.227 e. The summed E-state index contributed by atoms with van der Waals surface area (Å²) in [6.07, 6.45) is 18.6. The van der Waals surface area contributed by atoms with Crippen molar-refractivity contribution in [3.05, 3.63) is 197 Å². The van der Waals surface area contributed by atoms with Gasteiger partial charge in [0.05, 0.1) is 49.2 Å². The summed E-state index contributed by atoms with van der Waals surface area (Å²) in [5.41, 5.74) is 13.5. The van der Waals surface area contributed by atoms with Crippen molar-refractivity contribution in [2.24, 2.45) is 0 Å². The molecule has 0 atom stereocenters. The van der Waals surface area contributed by atoms with Crippen LogP contribution in [0.1, 0.15) is 16.7 Å². The van der Waals surface area contributed by atoms with E-state index in [-0.39, 0.29) is 6.61 Å². The van der Waals surface area contributed by atoms with Gasteiger partial charge in [-0.15, -0.1) is 0 Å². The monoisotopic (exact) mass is 1140 g/mol. The lowest BCUT2D eigenvalue weighted by Crippen LogP contribution is -2.15. The molecule has 18 nitrogen and oxygen atoms in total. The van der Waals surface area contributed by atoms with Gasteiger partial charge in [-0.3, -0.25) is 0 Å². The van der Waals surface area contributed by atoms with E-state index in [4.69, 9.17) is 39.9 Å². The first kappa shape index (κ1) is 55.4. The van der Waals surface area contributed by atoms with E-state index in [1.807, 2.05) is 123 Å². The number of aromatic nitrogens is 12. The Hall–Kier alpha value is -8.88. The summed E-state index contributed by atoms with van der Waals surface area (Å²) in [5.74, 6) is 1.45. The van der Waals surface area contributed by atoms with E-state index < -0.39 is 0 Å². The summed E-state index contributed by atoms with van der Waals surface area (Å²) >= 11 is 19.2. The normalized spacial score (nSPS) is 11.1. The number of pyridine rings is 3. The molecule has 0 aliphatic carbocycles. The second-order valence-corrected chi connectivity index (χ2v) is 20.0. The summed E-state index contributed by atoms with van der Waals surface area (Å²) < 4.78 is 0. The van der Waals surface area contributed by atoms with Crippen LogP contribution in [0.5, 0.6) is 0 Å². The summed E-state index contributed by atoms with van der Waals surface area (Å²) in [5, 5.41) is 26.7. The third-order valence-corrected chi connectivity index (χ3v) is 13.8. The van der Waals surface area contributed by atoms with E-state index in [1.165, 1.54) is 11.1 Å². The number of aliphatic hydroxyl groups excluding tert-OH is 1. The molecule has 0 aliphatic heterocycles. The van der Waals surface area contributed by atoms with Gasteiger partial charge in [-0.05, 0) is 155 Å². The topological polar surface area (TPSA) is 235 Å². The van der Waals surface area contributed by atoms with Crippen molar-refractivity contribution in [3.63, 3.8) is 0 Å². The van der Waals surface area contributed by atoms with E-state index in [0.717, 1.165) is 110 Å². The van der Waals surface area contributed by atoms with Crippen LogP contribution in [0.3, 0.4) is 0 Å². The number of aliphatic hydroxyl groups is 1. The van der Waals surface area contributed by atoms with Gasteiger partial charge in [0.15, 0.2) is 0 Å². The molecule has 0 radical (unpaired) electrons. The van der Waals surface area contributed by atoms with E-state index in [2.05, 4.69) is 112 Å². The minimum Gasteiger partial charge on any atom is -0.396 e. The predicted octanol–water partition coefficient (Wildman–Crippen LogP) is 12.7. The third kappa shape index (κ3) is 13.9. The fourth-order valence-corrected chi connectivity index (χ4v) is 9.52. The minimum atomic E-state index is 0.0910. The molecule has 21 heteroatoms. The standard InChI is InChI=1S/C21H21ClN6.C20H19ClN6.C19H16ClN5O/c1-28(2)11-8-14-5-6-19(17(22)12-14)27-21-24-10-7-18(26-21)16-13-25-20-15(16)4-3-9-23-20;1-22-9-6-13-4-5-18(16(21)11-13)27-20-24-10-7-17(26-20)15-12-25-19-14(15)3-2-8-23-19;20-15-10-12(6-9-26)3-4-17(15)25-19-22-8-5-16(24-19)14-11-23-18-13(14)2-1-7-21-18/h3-7,9-10,12-13H,8,11H2,1-2H3,(H,23,25)(H,24,26,27);2-5,7-8,10-12,22H,6,9H2,1H3,(H,23,25)(H,24,26,27);1-5,7-8,10-11,26H,6,9H2,(H,21,23)(H,22,24,25). The van der Waals surface area contributed by atoms with Crippen molar-refractivity contribution in [2.75, 3.05) is 56.8 Å². The number of hydrogen-bond donors (Lipinski definition) is 8. The minimum absolute atomic E-state index is 0.0910. The van der Waals surface area contributed by atoms with Gasteiger partial charge in [0.2, 0.25) is 17.8 Å². The molecule has 9 aromatic heterocycles. The van der Waals surface area contributed by atoms with Crippen molar-refractivity contribution < 1.29 is 5.11 Å². The lowest BCUT2D eigenvalue weighted by molar-refractivity contribution is 0.299. The Labute approximate surface area is 481 Å². The van der Waals surface area contributed by atoms with E-state index in [1.54, 1.807) is 37.2 Å². The largest absolute Gasteiger partial charge is 0.396 e. The smallest absolute Gasteiger partial charge is 0.227 e. The first-order valence-corrected chi connectivity index (χ1v) is 27.1. The molecule has 9 heterocycles. The molecule has 0 spiro atoms. The zero-order valence-electron chi connectivity index (χ0n) is 44.4. The molecule has 0 fully saturated rings. The predicted molar refractivity (Wildman–Crippen MR) is 326 cm³/mol. The number of halogens is 3. The van der Waals surface area contributed by atoms with Gasteiger partial charge < -0.3 is 46.2 Å². The molecule has 0 aliphatic rings. The Morgan fingerprint density at radius 1 is 0.457 bits per heavy atom. The molecule has 0 bridgehead atoms. The van der Waals surface area contributed by atoms with Crippen molar-refractivity contribution in [1.82, 2.24) is 70.0 Å². The molecule has 0 saturated heterocycles. The molecule has 8 N–H and O–H groups in total. The Kier molecular flexibility index (Phi) is 18.1. The average Bonchev–Trinajstić information content (AvgIpc) is 4.27. The van der Waals surface area contributed by atoms with Gasteiger partial charge in [-0.2, -0.15) is 0 Å². The lowest BCUT2D eigenvalue weighted by atomic mass is 10.1. The number of nitrogens with one attached hydrogen (secondary N) is 7. The second-order valence-electron chi connectivity index (χ2n) is 18.8. The molecular weight excluding hydrogens is 1080 g/mol. The number of hydrogen-bond acceptors (Lipinski definition) is 15. The van der Waals surface area contributed by atoms with Gasteiger partial charge in [-0.25, -0.2) is 44.9 Å². The highest BCUT2D eigenvalue weighted by atomic mass is 35.5. The van der Waals surface area contributed by atoms with Crippen LogP contribution in [-0.4, -0.2) is 111 Å². The molecule has 0 saturated carbocycles. The molecular formula is C60H56Cl3N17O. The summed E-state index contributed by atoms with van der Waals surface area (Å²) in [6, 6.07) is 35.0. The average molecular weight is 1140 g/mol. The second kappa shape index (κ2) is 26.4. The molecule has 0 amide bonds. The number of fused-ring (bicyclic) bond motifs is 3. The van der Waals surface area contributed by atoms with E-state index >= 15 is 0 Å². The maximum atomic E-state index is 9.03. The van der Waals surface area contributed by atoms with Crippen molar-refractivity contribution in [1.29, 1.82) is 0 Å². The van der Waals surface area contributed by atoms with Crippen LogP contribution in [-0.2, 0) is 19.3 Å². The van der Waals surface area contributed by atoms with E-state index in [9.17, 15) is 0 Å². The Morgan fingerprint density at radius 2 is 0.827 bits per heavy atom. The fraction of sp³-hybridized carbons (Fsp3) is 0.150. The number of nitrogens with zero attached hydrogens (tertiary/aromatic N) is 10. The number of anilines is 6. The number of likely N-dealkylation sites (N-methyl/N-ethyl adjacent to an activating group) is 2. The zero-order chi connectivity index (χ0) is 56.1. The Bertz CT molecular complexity index is 4070. The highest BCUT2D eigenvalue weighted by Crippen LogP contribution is 2.33. The quantitative estimate of drug-likeness (QED) is 0.0423. The third-order valence-electron chi connectivity index (χ3n) is 12.9. The van der Waals surface area contributed by atoms with Gasteiger partial charge in [0, 0.05) is 102 Å². The SMILES string of the molecule is CN(C)CCc1ccc(Nc2nccc(-c3c[nH]c4ncccc34)n2)c(Cl)c1.CNCCc1ccc(Nc2nccc(-c3c[nH]c4ncccc34)n2)c(Cl)c1.OCCc1ccc(Nc2nccc(-c3c[nH]c4ncccc34)n2)c(Cl)c1. The zero-order valence-corrected chi connectivity index (χ0v) is 46.7.